The Morgan fingerprint density at radius 3 is 2.58 bits per heavy atom. The summed E-state index contributed by atoms with van der Waals surface area (Å²) in [5.41, 5.74) is 1.81. The maximum atomic E-state index is 12.7. The highest BCUT2D eigenvalue weighted by Crippen LogP contribution is 2.17. The summed E-state index contributed by atoms with van der Waals surface area (Å²) in [6.07, 6.45) is 8.33. The minimum Gasteiger partial charge on any atom is -0.287 e. The lowest BCUT2D eigenvalue weighted by molar-refractivity contribution is -0.683. The van der Waals surface area contributed by atoms with Crippen LogP contribution in [0.2, 0.25) is 0 Å². The van der Waals surface area contributed by atoms with Crippen molar-refractivity contribution in [2.24, 2.45) is 0 Å². The predicted molar refractivity (Wildman–Crippen MR) is 112 cm³/mol. The molecule has 1 aromatic heterocycles. The monoisotopic (exact) mass is 362 g/mol. The molecule has 132 valence electrons. The number of carbonyl (C=O) groups excluding carboxylic acids is 1. The Bertz CT molecular complexity index is 916. The molecular formula is C23H24NOS+. The number of rotatable bonds is 7. The molecule has 3 heteroatoms. The molecule has 0 aliphatic carbocycles. The van der Waals surface area contributed by atoms with Gasteiger partial charge in [-0.25, -0.2) is 0 Å². The second kappa shape index (κ2) is 8.81. The molecular weight excluding hydrogens is 338 g/mol. The average Bonchev–Trinajstić information content (AvgIpc) is 2.66. The number of pyridine rings is 1. The number of allylic oxidation sites excluding steroid dienone is 1. The molecule has 3 rings (SSSR count). The van der Waals surface area contributed by atoms with Crippen molar-refractivity contribution in [1.82, 2.24) is 0 Å². The highest BCUT2D eigenvalue weighted by atomic mass is 32.1. The summed E-state index contributed by atoms with van der Waals surface area (Å²) in [6.45, 7) is 2.44. The van der Waals surface area contributed by atoms with Crippen LogP contribution in [0.25, 0.3) is 16.8 Å². The number of fused-ring (bicyclic) bond motifs is 1. The second-order valence-corrected chi connectivity index (χ2v) is 7.42. The van der Waals surface area contributed by atoms with Gasteiger partial charge in [0.1, 0.15) is 0 Å². The van der Waals surface area contributed by atoms with E-state index in [1.54, 1.807) is 0 Å². The minimum absolute atomic E-state index is 0.115. The summed E-state index contributed by atoms with van der Waals surface area (Å²) in [5.74, 6) is 0.115. The van der Waals surface area contributed by atoms with Crippen molar-refractivity contribution in [2.75, 3.05) is 0 Å². The van der Waals surface area contributed by atoms with Gasteiger partial charge in [0.25, 0.3) is 0 Å². The third-order valence-corrected chi connectivity index (χ3v) is 4.67. The van der Waals surface area contributed by atoms with E-state index in [0.717, 1.165) is 29.5 Å². The summed E-state index contributed by atoms with van der Waals surface area (Å²) < 4.78 is 2.04. The normalized spacial score (nSPS) is 12.5. The Balaban J connectivity index is 1.93. The SMILES string of the molecule is CC(S)CCC=Cc1c2ccccc2cc[n+]1CC(=O)c1ccccc1. The van der Waals surface area contributed by atoms with E-state index in [-0.39, 0.29) is 5.78 Å². The zero-order chi connectivity index (χ0) is 18.4. The molecule has 0 spiro atoms. The van der Waals surface area contributed by atoms with Crippen LogP contribution in [-0.4, -0.2) is 11.0 Å². The van der Waals surface area contributed by atoms with Gasteiger partial charge in [-0.2, -0.15) is 17.2 Å². The zero-order valence-corrected chi connectivity index (χ0v) is 15.9. The Morgan fingerprint density at radius 1 is 1.08 bits per heavy atom. The summed E-state index contributed by atoms with van der Waals surface area (Å²) in [7, 11) is 0. The molecule has 0 amide bonds. The molecule has 0 fully saturated rings. The van der Waals surface area contributed by atoms with Crippen LogP contribution in [0.1, 0.15) is 35.8 Å². The zero-order valence-electron chi connectivity index (χ0n) is 15.0. The van der Waals surface area contributed by atoms with Gasteiger partial charge < -0.3 is 0 Å². The quantitative estimate of drug-likeness (QED) is 0.351. The van der Waals surface area contributed by atoms with Crippen molar-refractivity contribution in [3.8, 4) is 0 Å². The average molecular weight is 363 g/mol. The van der Waals surface area contributed by atoms with Crippen molar-refractivity contribution in [2.45, 2.75) is 31.6 Å². The van der Waals surface area contributed by atoms with Crippen LogP contribution in [0.5, 0.6) is 0 Å². The number of hydrogen-bond acceptors (Lipinski definition) is 2. The van der Waals surface area contributed by atoms with Crippen LogP contribution >= 0.6 is 12.6 Å². The third-order valence-electron chi connectivity index (χ3n) is 4.42. The Kier molecular flexibility index (Phi) is 6.24. The molecule has 26 heavy (non-hydrogen) atoms. The van der Waals surface area contributed by atoms with Crippen molar-refractivity contribution in [3.63, 3.8) is 0 Å². The van der Waals surface area contributed by atoms with Crippen LogP contribution < -0.4 is 4.57 Å². The van der Waals surface area contributed by atoms with Crippen molar-refractivity contribution in [3.05, 3.63) is 84.2 Å². The van der Waals surface area contributed by atoms with Gasteiger partial charge in [-0.1, -0.05) is 61.5 Å². The maximum Gasteiger partial charge on any atom is 0.227 e. The summed E-state index contributed by atoms with van der Waals surface area (Å²) in [5, 5.41) is 2.73. The first-order valence-corrected chi connectivity index (χ1v) is 9.51. The summed E-state index contributed by atoms with van der Waals surface area (Å²) >= 11 is 4.44. The van der Waals surface area contributed by atoms with Crippen LogP contribution in [0.4, 0.5) is 0 Å². The number of benzene rings is 2. The number of hydrogen-bond donors (Lipinski definition) is 1. The Hall–Kier alpha value is -2.39. The van der Waals surface area contributed by atoms with Gasteiger partial charge in [0, 0.05) is 17.7 Å². The molecule has 0 saturated carbocycles. The second-order valence-electron chi connectivity index (χ2n) is 6.53. The van der Waals surface area contributed by atoms with Gasteiger partial charge in [-0.05, 0) is 29.5 Å². The molecule has 0 N–H and O–H groups in total. The molecule has 3 aromatic rings. The molecule has 0 aliphatic heterocycles. The highest BCUT2D eigenvalue weighted by Gasteiger charge is 2.17. The first-order chi connectivity index (χ1) is 12.6. The fourth-order valence-electron chi connectivity index (χ4n) is 3.01. The fraction of sp³-hybridized carbons (Fsp3) is 0.217. The molecule has 0 bridgehead atoms. The minimum atomic E-state index is 0.115. The molecule has 2 aromatic carbocycles. The molecule has 1 unspecified atom stereocenters. The van der Waals surface area contributed by atoms with Crippen LogP contribution in [0, 0.1) is 0 Å². The van der Waals surface area contributed by atoms with E-state index in [1.807, 2.05) is 53.2 Å². The van der Waals surface area contributed by atoms with E-state index < -0.39 is 0 Å². The summed E-state index contributed by atoms with van der Waals surface area (Å²) in [4.78, 5) is 12.7. The standard InChI is InChI=1S/C23H23NOS/c1-18(26)9-5-8-14-22-21-13-7-6-10-19(21)15-16-24(22)17-23(25)20-11-3-2-4-12-20/h2-4,6-8,10-16,18H,5,9,17H2,1H3/p+1. The number of nitrogens with zero attached hydrogens (tertiary/aromatic N) is 1. The number of Topliss-reactive ketones (excluding diaryl/α,β-unsaturated/α-hetero) is 1. The molecule has 2 nitrogen and oxygen atoms in total. The first-order valence-electron chi connectivity index (χ1n) is 8.99. The van der Waals surface area contributed by atoms with Crippen molar-refractivity contribution in [1.29, 1.82) is 0 Å². The van der Waals surface area contributed by atoms with Crippen LogP contribution in [0.15, 0.2) is 72.9 Å². The lowest BCUT2D eigenvalue weighted by atomic mass is 10.1. The largest absolute Gasteiger partial charge is 0.287 e. The lowest BCUT2D eigenvalue weighted by Crippen LogP contribution is -2.40. The van der Waals surface area contributed by atoms with E-state index in [2.05, 4.69) is 49.9 Å². The van der Waals surface area contributed by atoms with Crippen molar-refractivity contribution >= 4 is 35.3 Å². The molecule has 1 atom stereocenters. The topological polar surface area (TPSA) is 20.9 Å². The highest BCUT2D eigenvalue weighted by molar-refractivity contribution is 7.80. The number of aromatic nitrogens is 1. The molecule has 0 aliphatic rings. The van der Waals surface area contributed by atoms with Gasteiger partial charge in [0.2, 0.25) is 18.0 Å². The number of thiol groups is 1. The lowest BCUT2D eigenvalue weighted by Gasteiger charge is -2.05. The maximum absolute atomic E-state index is 12.7. The predicted octanol–water partition coefficient (Wildman–Crippen LogP) is 5.12. The van der Waals surface area contributed by atoms with Crippen LogP contribution in [-0.2, 0) is 6.54 Å². The molecule has 0 saturated heterocycles. The van der Waals surface area contributed by atoms with E-state index in [1.165, 1.54) is 5.39 Å². The Morgan fingerprint density at radius 2 is 1.81 bits per heavy atom. The fourth-order valence-corrected chi connectivity index (χ4v) is 3.16. The third kappa shape index (κ3) is 4.61. The van der Waals surface area contributed by atoms with Crippen molar-refractivity contribution < 1.29 is 9.36 Å². The Labute approximate surface area is 160 Å². The smallest absolute Gasteiger partial charge is 0.227 e. The van der Waals surface area contributed by atoms with Gasteiger partial charge in [-0.15, -0.1) is 0 Å². The molecule has 1 heterocycles. The molecule has 0 radical (unpaired) electrons. The van der Waals surface area contributed by atoms with Gasteiger partial charge in [-0.3, -0.25) is 4.79 Å². The number of carbonyl (C=O) groups is 1. The number of ketones is 1. The van der Waals surface area contributed by atoms with Crippen LogP contribution in [0.3, 0.4) is 0 Å². The first kappa shape index (κ1) is 18.4. The van der Waals surface area contributed by atoms with E-state index >= 15 is 0 Å². The summed E-state index contributed by atoms with van der Waals surface area (Å²) in [6, 6.07) is 19.8. The van der Waals surface area contributed by atoms with Gasteiger partial charge in [0.15, 0.2) is 6.20 Å². The van der Waals surface area contributed by atoms with Gasteiger partial charge >= 0.3 is 0 Å². The van der Waals surface area contributed by atoms with E-state index in [9.17, 15) is 4.79 Å². The van der Waals surface area contributed by atoms with E-state index in [0.29, 0.717) is 11.8 Å². The van der Waals surface area contributed by atoms with Gasteiger partial charge in [0.05, 0.1) is 5.39 Å². The van der Waals surface area contributed by atoms with E-state index in [4.69, 9.17) is 0 Å².